The topological polar surface area (TPSA) is 114 Å². The third-order valence-electron chi connectivity index (χ3n) is 3.64. The first-order valence-corrected chi connectivity index (χ1v) is 6.34. The van der Waals surface area contributed by atoms with Gasteiger partial charge in [0.2, 0.25) is 0 Å². The molecule has 4 atom stereocenters. The van der Waals surface area contributed by atoms with E-state index in [0.29, 0.717) is 5.69 Å². The van der Waals surface area contributed by atoms with Gasteiger partial charge in [-0.25, -0.2) is 4.79 Å². The second-order valence-corrected chi connectivity index (χ2v) is 5.49. The van der Waals surface area contributed by atoms with Gasteiger partial charge in [0, 0.05) is 6.07 Å². The fourth-order valence-corrected chi connectivity index (χ4v) is 2.96. The van der Waals surface area contributed by atoms with Crippen molar-refractivity contribution in [2.24, 2.45) is 0 Å². The predicted molar refractivity (Wildman–Crippen MR) is 66.2 cm³/mol. The van der Waals surface area contributed by atoms with Gasteiger partial charge in [-0.15, -0.1) is 0 Å². The minimum Gasteiger partial charge on any atom is -0.394 e. The maximum absolute atomic E-state index is 12.0. The molecule has 3 rings (SSSR count). The Hall–Kier alpha value is -1.48. The standard InChI is InChI=1S/C12H16N2O6/c1-12(2)19-9-5-3-7(17)13-11(18)14(5)8(6(16)4-15)10(9)20-12/h3,6,8-10,15-16H,4H2,1-2H3,(H,13,17,18)/t6-,8-,9+,10-/m1/s1. The average Bonchev–Trinajstić information content (AvgIpc) is 2.80. The van der Waals surface area contributed by atoms with Crippen molar-refractivity contribution in [2.45, 2.75) is 44.0 Å². The minimum atomic E-state index is -1.19. The number of aliphatic hydroxyl groups excluding tert-OH is 2. The minimum absolute atomic E-state index is 0.354. The summed E-state index contributed by atoms with van der Waals surface area (Å²) in [7, 11) is 0. The molecule has 8 nitrogen and oxygen atoms in total. The van der Waals surface area contributed by atoms with Gasteiger partial charge < -0.3 is 19.7 Å². The zero-order valence-corrected chi connectivity index (χ0v) is 11.1. The van der Waals surface area contributed by atoms with Gasteiger partial charge in [-0.3, -0.25) is 14.3 Å². The second-order valence-electron chi connectivity index (χ2n) is 5.49. The van der Waals surface area contributed by atoms with Crippen LogP contribution in [0.15, 0.2) is 15.7 Å². The molecule has 110 valence electrons. The fraction of sp³-hybridized carbons (Fsp3) is 0.667. The first kappa shape index (κ1) is 13.5. The van der Waals surface area contributed by atoms with Gasteiger partial charge in [0.05, 0.1) is 18.3 Å². The molecule has 0 aliphatic carbocycles. The summed E-state index contributed by atoms with van der Waals surface area (Å²) in [5.41, 5.74) is -0.830. The third-order valence-corrected chi connectivity index (χ3v) is 3.64. The van der Waals surface area contributed by atoms with E-state index in [4.69, 9.17) is 9.47 Å². The second kappa shape index (κ2) is 4.26. The highest BCUT2D eigenvalue weighted by Crippen LogP contribution is 2.47. The summed E-state index contributed by atoms with van der Waals surface area (Å²) in [5.74, 6) is -0.882. The molecule has 0 aromatic carbocycles. The Morgan fingerprint density at radius 1 is 1.45 bits per heavy atom. The average molecular weight is 284 g/mol. The number of aromatic amines is 1. The van der Waals surface area contributed by atoms with Crippen molar-refractivity contribution < 1.29 is 19.7 Å². The van der Waals surface area contributed by atoms with Crippen molar-refractivity contribution in [3.63, 3.8) is 0 Å². The molecule has 0 spiro atoms. The Morgan fingerprint density at radius 3 is 2.80 bits per heavy atom. The largest absolute Gasteiger partial charge is 0.394 e. The van der Waals surface area contributed by atoms with Crippen molar-refractivity contribution in [1.82, 2.24) is 9.55 Å². The lowest BCUT2D eigenvalue weighted by atomic mass is 10.0. The molecule has 8 heteroatoms. The van der Waals surface area contributed by atoms with Crippen LogP contribution in [0.2, 0.25) is 0 Å². The number of rotatable bonds is 2. The number of aromatic nitrogens is 2. The van der Waals surface area contributed by atoms with Crippen LogP contribution in [-0.4, -0.2) is 44.4 Å². The highest BCUT2D eigenvalue weighted by atomic mass is 16.8. The fourth-order valence-electron chi connectivity index (χ4n) is 2.96. The summed E-state index contributed by atoms with van der Waals surface area (Å²) in [6.45, 7) is 2.90. The van der Waals surface area contributed by atoms with Crippen LogP contribution < -0.4 is 11.2 Å². The molecular weight excluding hydrogens is 268 g/mol. The van der Waals surface area contributed by atoms with Crippen LogP contribution in [0, 0.1) is 0 Å². The highest BCUT2D eigenvalue weighted by Gasteiger charge is 2.54. The van der Waals surface area contributed by atoms with E-state index in [2.05, 4.69) is 4.98 Å². The molecule has 20 heavy (non-hydrogen) atoms. The van der Waals surface area contributed by atoms with Crippen LogP contribution in [0.5, 0.6) is 0 Å². The van der Waals surface area contributed by atoms with Gasteiger partial charge in [-0.2, -0.15) is 0 Å². The summed E-state index contributed by atoms with van der Waals surface area (Å²) in [6, 6.07) is 0.458. The van der Waals surface area contributed by atoms with Gasteiger partial charge in [0.1, 0.15) is 18.3 Å². The summed E-state index contributed by atoms with van der Waals surface area (Å²) in [4.78, 5) is 25.6. The molecule has 1 aromatic rings. The molecule has 0 bridgehead atoms. The molecule has 0 unspecified atom stereocenters. The van der Waals surface area contributed by atoms with E-state index < -0.39 is 48.0 Å². The smallest absolute Gasteiger partial charge is 0.329 e. The summed E-state index contributed by atoms with van der Waals surface area (Å²) >= 11 is 0. The Labute approximate surface area is 113 Å². The van der Waals surface area contributed by atoms with Gasteiger partial charge in [-0.1, -0.05) is 0 Å². The number of fused-ring (bicyclic) bond motifs is 3. The van der Waals surface area contributed by atoms with Crippen LogP contribution >= 0.6 is 0 Å². The van der Waals surface area contributed by atoms with Gasteiger partial charge in [0.15, 0.2) is 5.79 Å². The van der Waals surface area contributed by atoms with Crippen LogP contribution in [0.3, 0.4) is 0 Å². The number of ether oxygens (including phenoxy) is 2. The lowest BCUT2D eigenvalue weighted by Gasteiger charge is -2.26. The molecule has 1 aromatic heterocycles. The lowest BCUT2D eigenvalue weighted by Crippen LogP contribution is -2.41. The summed E-state index contributed by atoms with van der Waals surface area (Å²) in [6.07, 6.45) is -2.44. The van der Waals surface area contributed by atoms with Crippen molar-refractivity contribution in [2.75, 3.05) is 6.61 Å². The van der Waals surface area contributed by atoms with Gasteiger partial charge >= 0.3 is 5.69 Å². The maximum atomic E-state index is 12.0. The monoisotopic (exact) mass is 284 g/mol. The Kier molecular flexibility index (Phi) is 2.87. The molecule has 0 amide bonds. The molecule has 2 aliphatic heterocycles. The van der Waals surface area contributed by atoms with Crippen molar-refractivity contribution in [3.8, 4) is 0 Å². The third kappa shape index (κ3) is 1.84. The molecule has 0 saturated carbocycles. The Bertz CT molecular complexity index is 648. The van der Waals surface area contributed by atoms with Crippen molar-refractivity contribution in [3.05, 3.63) is 32.6 Å². The van der Waals surface area contributed by atoms with Crippen LogP contribution in [0.1, 0.15) is 31.7 Å². The SMILES string of the molecule is CC1(C)O[C@@H]2[C@@H]([C@H](O)CO)n3c(cc(=O)[nH]c3=O)[C@@H]2O1. The molecule has 1 saturated heterocycles. The van der Waals surface area contributed by atoms with E-state index in [1.54, 1.807) is 13.8 Å². The van der Waals surface area contributed by atoms with Crippen molar-refractivity contribution >= 4 is 0 Å². The normalized spacial score (nSPS) is 31.9. The zero-order valence-electron chi connectivity index (χ0n) is 11.1. The highest BCUT2D eigenvalue weighted by molar-refractivity contribution is 5.19. The first-order chi connectivity index (χ1) is 9.34. The molecule has 1 fully saturated rings. The number of nitrogens with one attached hydrogen (secondary N) is 1. The number of hydrogen-bond donors (Lipinski definition) is 3. The van der Waals surface area contributed by atoms with E-state index in [1.807, 2.05) is 0 Å². The van der Waals surface area contributed by atoms with Crippen LogP contribution in [-0.2, 0) is 9.47 Å². The summed E-state index contributed by atoms with van der Waals surface area (Å²) < 4.78 is 12.7. The zero-order chi connectivity index (χ0) is 14.7. The molecule has 3 N–H and O–H groups in total. The van der Waals surface area contributed by atoms with Crippen molar-refractivity contribution in [1.29, 1.82) is 0 Å². The molecule has 0 radical (unpaired) electrons. The van der Waals surface area contributed by atoms with E-state index >= 15 is 0 Å². The molecule has 3 heterocycles. The number of hydrogen-bond acceptors (Lipinski definition) is 6. The first-order valence-electron chi connectivity index (χ1n) is 6.34. The lowest BCUT2D eigenvalue weighted by molar-refractivity contribution is -0.159. The number of H-pyrrole nitrogens is 1. The van der Waals surface area contributed by atoms with Crippen LogP contribution in [0.25, 0.3) is 0 Å². The quantitative estimate of drug-likeness (QED) is 0.618. The molecule has 2 aliphatic rings. The van der Waals surface area contributed by atoms with E-state index in [9.17, 15) is 19.8 Å². The Balaban J connectivity index is 2.18. The summed E-state index contributed by atoms with van der Waals surface area (Å²) in [5, 5.41) is 19.2. The maximum Gasteiger partial charge on any atom is 0.329 e. The van der Waals surface area contributed by atoms with E-state index in [1.165, 1.54) is 10.6 Å². The van der Waals surface area contributed by atoms with Gasteiger partial charge in [0.25, 0.3) is 5.56 Å². The predicted octanol–water partition coefficient (Wildman–Crippen LogP) is -1.36. The van der Waals surface area contributed by atoms with Gasteiger partial charge in [-0.05, 0) is 13.8 Å². The Morgan fingerprint density at radius 2 is 2.15 bits per heavy atom. The van der Waals surface area contributed by atoms with E-state index in [-0.39, 0.29) is 0 Å². The van der Waals surface area contributed by atoms with E-state index in [0.717, 1.165) is 0 Å². The number of nitrogens with zero attached hydrogens (tertiary/aromatic N) is 1. The van der Waals surface area contributed by atoms with Crippen LogP contribution in [0.4, 0.5) is 0 Å². The molecular formula is C12H16N2O6. The number of aliphatic hydroxyl groups is 2.